The monoisotopic (exact) mass is 268 g/mol. The molecule has 2 aromatic carbocycles. The molecule has 0 radical (unpaired) electrons. The fourth-order valence-electron chi connectivity index (χ4n) is 2.63. The SMILES string of the molecule is CC(=O)Nc1cccc2c1Cc1cc([N+](=O)[O-])ccc1-2. The maximum atomic E-state index is 11.2. The normalized spacial score (nSPS) is 11.7. The van der Waals surface area contributed by atoms with Crippen molar-refractivity contribution in [1.29, 1.82) is 0 Å². The third kappa shape index (κ3) is 1.93. The van der Waals surface area contributed by atoms with E-state index in [0.717, 1.165) is 27.9 Å². The molecule has 3 rings (SSSR count). The van der Waals surface area contributed by atoms with Crippen LogP contribution in [0.5, 0.6) is 0 Å². The molecule has 1 aliphatic carbocycles. The van der Waals surface area contributed by atoms with E-state index in [9.17, 15) is 14.9 Å². The Morgan fingerprint density at radius 3 is 2.75 bits per heavy atom. The van der Waals surface area contributed by atoms with Gasteiger partial charge in [0.2, 0.25) is 5.91 Å². The molecule has 100 valence electrons. The summed E-state index contributed by atoms with van der Waals surface area (Å²) in [6.07, 6.45) is 0.600. The highest BCUT2D eigenvalue weighted by Gasteiger charge is 2.23. The second-order valence-electron chi connectivity index (χ2n) is 4.79. The highest BCUT2D eigenvalue weighted by molar-refractivity contribution is 5.93. The summed E-state index contributed by atoms with van der Waals surface area (Å²) in [5, 5.41) is 13.6. The van der Waals surface area contributed by atoms with E-state index in [1.165, 1.54) is 13.0 Å². The Hall–Kier alpha value is -2.69. The van der Waals surface area contributed by atoms with Gasteiger partial charge in [-0.3, -0.25) is 14.9 Å². The predicted octanol–water partition coefficient (Wildman–Crippen LogP) is 3.12. The van der Waals surface area contributed by atoms with Crippen molar-refractivity contribution >= 4 is 17.3 Å². The molecule has 0 unspecified atom stereocenters. The molecule has 0 fully saturated rings. The highest BCUT2D eigenvalue weighted by Crippen LogP contribution is 2.41. The minimum Gasteiger partial charge on any atom is -0.326 e. The van der Waals surface area contributed by atoms with Crippen LogP contribution in [-0.4, -0.2) is 10.8 Å². The Morgan fingerprint density at radius 2 is 2.05 bits per heavy atom. The number of non-ortho nitro benzene ring substituents is 1. The van der Waals surface area contributed by atoms with Crippen LogP contribution in [0.3, 0.4) is 0 Å². The van der Waals surface area contributed by atoms with E-state index in [1.54, 1.807) is 12.1 Å². The van der Waals surface area contributed by atoms with Crippen LogP contribution in [0.1, 0.15) is 18.1 Å². The Kier molecular flexibility index (Phi) is 2.75. The number of carbonyl (C=O) groups is 1. The average Bonchev–Trinajstić information content (AvgIpc) is 2.77. The Balaban J connectivity index is 2.09. The van der Waals surface area contributed by atoms with Crippen LogP contribution in [0.25, 0.3) is 11.1 Å². The molecule has 0 atom stereocenters. The maximum absolute atomic E-state index is 11.2. The molecular weight excluding hydrogens is 256 g/mol. The molecule has 5 heteroatoms. The number of amides is 1. The number of hydrogen-bond acceptors (Lipinski definition) is 3. The van der Waals surface area contributed by atoms with Crippen molar-refractivity contribution < 1.29 is 9.72 Å². The van der Waals surface area contributed by atoms with E-state index in [4.69, 9.17) is 0 Å². The Bertz CT molecular complexity index is 738. The van der Waals surface area contributed by atoms with Crippen molar-refractivity contribution in [3.05, 3.63) is 57.6 Å². The number of nitro groups is 1. The molecular formula is C15H12N2O3. The van der Waals surface area contributed by atoms with Crippen LogP contribution >= 0.6 is 0 Å². The van der Waals surface area contributed by atoms with Gasteiger partial charge in [0.05, 0.1) is 4.92 Å². The van der Waals surface area contributed by atoms with Gasteiger partial charge in [0, 0.05) is 31.2 Å². The standard InChI is InChI=1S/C15H12N2O3/c1-9(18)16-15-4-2-3-13-12-6-5-11(17(19)20)7-10(12)8-14(13)15/h2-7H,8H2,1H3,(H,16,18). The number of nitrogens with one attached hydrogen (secondary N) is 1. The molecule has 20 heavy (non-hydrogen) atoms. The van der Waals surface area contributed by atoms with Crippen molar-refractivity contribution in [2.24, 2.45) is 0 Å². The van der Waals surface area contributed by atoms with Crippen LogP contribution < -0.4 is 5.32 Å². The second-order valence-corrected chi connectivity index (χ2v) is 4.79. The van der Waals surface area contributed by atoms with E-state index < -0.39 is 4.92 Å². The van der Waals surface area contributed by atoms with Crippen LogP contribution in [0.15, 0.2) is 36.4 Å². The largest absolute Gasteiger partial charge is 0.326 e. The molecule has 0 heterocycles. The summed E-state index contributed by atoms with van der Waals surface area (Å²) in [5.41, 5.74) is 4.83. The van der Waals surface area contributed by atoms with Gasteiger partial charge >= 0.3 is 0 Å². The topological polar surface area (TPSA) is 72.2 Å². The lowest BCUT2D eigenvalue weighted by atomic mass is 10.0. The summed E-state index contributed by atoms with van der Waals surface area (Å²) in [6, 6.07) is 10.6. The van der Waals surface area contributed by atoms with E-state index in [0.29, 0.717) is 6.42 Å². The zero-order valence-electron chi connectivity index (χ0n) is 10.8. The first-order valence-electron chi connectivity index (χ1n) is 6.23. The summed E-state index contributed by atoms with van der Waals surface area (Å²) >= 11 is 0. The fourth-order valence-corrected chi connectivity index (χ4v) is 2.63. The van der Waals surface area contributed by atoms with Gasteiger partial charge in [-0.15, -0.1) is 0 Å². The van der Waals surface area contributed by atoms with Crippen LogP contribution in [0.4, 0.5) is 11.4 Å². The van der Waals surface area contributed by atoms with Gasteiger partial charge in [-0.05, 0) is 34.4 Å². The number of hydrogen-bond donors (Lipinski definition) is 1. The molecule has 0 aromatic heterocycles. The average molecular weight is 268 g/mol. The van der Waals surface area contributed by atoms with Crippen molar-refractivity contribution in [3.63, 3.8) is 0 Å². The first-order chi connectivity index (χ1) is 9.56. The van der Waals surface area contributed by atoms with E-state index >= 15 is 0 Å². The molecule has 0 saturated heterocycles. The minimum absolute atomic E-state index is 0.0950. The Labute approximate surface area is 115 Å². The summed E-state index contributed by atoms with van der Waals surface area (Å²) in [6.45, 7) is 1.46. The van der Waals surface area contributed by atoms with Crippen molar-refractivity contribution in [3.8, 4) is 11.1 Å². The first kappa shape index (κ1) is 12.3. The molecule has 0 saturated carbocycles. The van der Waals surface area contributed by atoms with Gasteiger partial charge in [-0.1, -0.05) is 12.1 Å². The minimum atomic E-state index is -0.391. The molecule has 5 nitrogen and oxygen atoms in total. The van der Waals surface area contributed by atoms with E-state index in [1.807, 2.05) is 18.2 Å². The number of carbonyl (C=O) groups excluding carboxylic acids is 1. The smallest absolute Gasteiger partial charge is 0.269 e. The van der Waals surface area contributed by atoms with Crippen LogP contribution in [-0.2, 0) is 11.2 Å². The molecule has 1 N–H and O–H groups in total. The lowest BCUT2D eigenvalue weighted by molar-refractivity contribution is -0.384. The van der Waals surface area contributed by atoms with Gasteiger partial charge < -0.3 is 5.32 Å². The summed E-state index contributed by atoms with van der Waals surface area (Å²) in [5.74, 6) is -0.125. The highest BCUT2D eigenvalue weighted by atomic mass is 16.6. The number of rotatable bonds is 2. The second kappa shape index (κ2) is 4.45. The Morgan fingerprint density at radius 1 is 1.25 bits per heavy atom. The van der Waals surface area contributed by atoms with Crippen molar-refractivity contribution in [2.75, 3.05) is 5.32 Å². The molecule has 0 bridgehead atoms. The maximum Gasteiger partial charge on any atom is 0.269 e. The molecule has 2 aromatic rings. The number of nitrogens with zero attached hydrogens (tertiary/aromatic N) is 1. The van der Waals surface area contributed by atoms with Gasteiger partial charge in [-0.2, -0.15) is 0 Å². The number of nitro benzene ring substituents is 1. The van der Waals surface area contributed by atoms with Crippen molar-refractivity contribution in [1.82, 2.24) is 0 Å². The lowest BCUT2D eigenvalue weighted by Crippen LogP contribution is -2.07. The van der Waals surface area contributed by atoms with Crippen molar-refractivity contribution in [2.45, 2.75) is 13.3 Å². The molecule has 1 aliphatic rings. The molecule has 1 amide bonds. The van der Waals surface area contributed by atoms with Crippen LogP contribution in [0.2, 0.25) is 0 Å². The number of benzene rings is 2. The first-order valence-corrected chi connectivity index (χ1v) is 6.23. The molecule has 0 aliphatic heterocycles. The van der Waals surface area contributed by atoms with Gasteiger partial charge in [0.25, 0.3) is 5.69 Å². The summed E-state index contributed by atoms with van der Waals surface area (Å²) < 4.78 is 0. The third-order valence-electron chi connectivity index (χ3n) is 3.44. The van der Waals surface area contributed by atoms with E-state index in [2.05, 4.69) is 5.32 Å². The summed E-state index contributed by atoms with van der Waals surface area (Å²) in [7, 11) is 0. The number of fused-ring (bicyclic) bond motifs is 3. The predicted molar refractivity (Wildman–Crippen MR) is 75.6 cm³/mol. The fraction of sp³-hybridized carbons (Fsp3) is 0.133. The quantitative estimate of drug-likeness (QED) is 0.573. The summed E-state index contributed by atoms with van der Waals surface area (Å²) in [4.78, 5) is 21.7. The number of anilines is 1. The van der Waals surface area contributed by atoms with Gasteiger partial charge in [-0.25, -0.2) is 0 Å². The zero-order valence-corrected chi connectivity index (χ0v) is 10.8. The lowest BCUT2D eigenvalue weighted by Gasteiger charge is -2.08. The zero-order chi connectivity index (χ0) is 14.3. The third-order valence-corrected chi connectivity index (χ3v) is 3.44. The van der Waals surface area contributed by atoms with Gasteiger partial charge in [0.1, 0.15) is 0 Å². The van der Waals surface area contributed by atoms with E-state index in [-0.39, 0.29) is 11.6 Å². The van der Waals surface area contributed by atoms with Crippen LogP contribution in [0, 0.1) is 10.1 Å². The van der Waals surface area contributed by atoms with Gasteiger partial charge in [0.15, 0.2) is 0 Å². The molecule has 0 spiro atoms.